The number of anilines is 5. The summed E-state index contributed by atoms with van der Waals surface area (Å²) < 4.78 is 62.8. The molecule has 10 nitrogen and oxygen atoms in total. The highest BCUT2D eigenvalue weighted by Crippen LogP contribution is 2.36. The second-order valence-corrected chi connectivity index (χ2v) is 11.2. The van der Waals surface area contributed by atoms with E-state index in [9.17, 15) is 22.4 Å². The third kappa shape index (κ3) is 8.14. The van der Waals surface area contributed by atoms with Crippen molar-refractivity contribution in [1.82, 2.24) is 19.8 Å². The number of likely N-dealkylation sites (N-methyl/N-ethyl adjacent to an activating group) is 1. The summed E-state index contributed by atoms with van der Waals surface area (Å²) in [5.41, 5.74) is 1.47. The molecule has 0 aliphatic carbocycles. The monoisotopic (exact) mass is 636 g/mol. The number of nitrogens with zero attached hydrogens (tertiary/aromatic N) is 6. The maximum atomic E-state index is 13.9. The van der Waals surface area contributed by atoms with Crippen LogP contribution in [0.5, 0.6) is 5.75 Å². The number of alkyl halides is 3. The van der Waals surface area contributed by atoms with E-state index in [1.807, 2.05) is 18.4 Å². The molecule has 0 unspecified atom stereocenters. The highest BCUT2D eigenvalue weighted by molar-refractivity contribution is 7.99. The van der Waals surface area contributed by atoms with Gasteiger partial charge in [-0.3, -0.25) is 9.69 Å². The van der Waals surface area contributed by atoms with Crippen molar-refractivity contribution < 1.29 is 27.1 Å². The fourth-order valence-corrected chi connectivity index (χ4v) is 5.01. The maximum absolute atomic E-state index is 13.9. The Balaban J connectivity index is 1.51. The second kappa shape index (κ2) is 14.2. The first-order chi connectivity index (χ1) is 20.9. The number of hydrogen-bond donors (Lipinski definition) is 2. The SMILES string of the molecule is COc1cc(N2CCN(CC(=O)N(C)C)CC2)ccc1Nc1ncc(C(F)(F)F)c(NCc2ccc(F)cc2N(C)SC)n1. The minimum absolute atomic E-state index is 0.0331. The van der Waals surface area contributed by atoms with Gasteiger partial charge in [-0.05, 0) is 29.8 Å². The predicted molar refractivity (Wildman–Crippen MR) is 166 cm³/mol. The van der Waals surface area contributed by atoms with Crippen LogP contribution in [0, 0.1) is 5.82 Å². The number of carbonyl (C=O) groups is 1. The van der Waals surface area contributed by atoms with Crippen molar-refractivity contribution in [2.75, 3.05) is 87.1 Å². The van der Waals surface area contributed by atoms with Crippen molar-refractivity contribution in [2.45, 2.75) is 12.7 Å². The molecule has 0 radical (unpaired) electrons. The van der Waals surface area contributed by atoms with Crippen molar-refractivity contribution in [3.63, 3.8) is 0 Å². The quantitative estimate of drug-likeness (QED) is 0.223. The fourth-order valence-electron chi connectivity index (χ4n) is 4.64. The molecule has 1 aliphatic rings. The number of rotatable bonds is 11. The number of methoxy groups -OCH3 is 1. The van der Waals surface area contributed by atoms with Gasteiger partial charge in [-0.25, -0.2) is 9.37 Å². The molecule has 238 valence electrons. The molecule has 1 fully saturated rings. The number of aromatic nitrogens is 2. The number of nitrogens with one attached hydrogen (secondary N) is 2. The van der Waals surface area contributed by atoms with E-state index in [4.69, 9.17) is 4.74 Å². The summed E-state index contributed by atoms with van der Waals surface area (Å²) in [6.07, 6.45) is -2.17. The predicted octanol–water partition coefficient (Wildman–Crippen LogP) is 4.92. The van der Waals surface area contributed by atoms with Crippen LogP contribution in [-0.2, 0) is 17.5 Å². The zero-order valence-electron chi connectivity index (χ0n) is 25.2. The van der Waals surface area contributed by atoms with Crippen LogP contribution in [0.1, 0.15) is 11.1 Å². The number of piperazine rings is 1. The number of carbonyl (C=O) groups excluding carboxylic acids is 1. The van der Waals surface area contributed by atoms with Crippen LogP contribution in [0.15, 0.2) is 42.6 Å². The van der Waals surface area contributed by atoms with Gasteiger partial charge in [0.25, 0.3) is 0 Å². The minimum atomic E-state index is -4.70. The number of benzene rings is 2. The average Bonchev–Trinajstić information content (AvgIpc) is 3.00. The van der Waals surface area contributed by atoms with Gasteiger partial charge in [-0.2, -0.15) is 18.2 Å². The van der Waals surface area contributed by atoms with Gasteiger partial charge in [0, 0.05) is 78.1 Å². The van der Waals surface area contributed by atoms with Crippen molar-refractivity contribution in [1.29, 1.82) is 0 Å². The largest absolute Gasteiger partial charge is 0.494 e. The van der Waals surface area contributed by atoms with Crippen molar-refractivity contribution >= 4 is 46.7 Å². The van der Waals surface area contributed by atoms with E-state index >= 15 is 0 Å². The molecular formula is C29H36F4N8O2S. The molecule has 0 saturated carbocycles. The zero-order chi connectivity index (χ0) is 32.0. The highest BCUT2D eigenvalue weighted by atomic mass is 32.2. The van der Waals surface area contributed by atoms with Crippen LogP contribution < -0.4 is 24.6 Å². The minimum Gasteiger partial charge on any atom is -0.494 e. The van der Waals surface area contributed by atoms with Gasteiger partial charge in [-0.15, -0.1) is 0 Å². The van der Waals surface area contributed by atoms with Gasteiger partial charge in [-0.1, -0.05) is 18.0 Å². The molecule has 15 heteroatoms. The van der Waals surface area contributed by atoms with E-state index in [0.29, 0.717) is 29.2 Å². The topological polar surface area (TPSA) is 89.1 Å². The van der Waals surface area contributed by atoms with Gasteiger partial charge < -0.3 is 29.5 Å². The third-order valence-electron chi connectivity index (χ3n) is 7.23. The molecule has 1 saturated heterocycles. The Bertz CT molecular complexity index is 1450. The number of halogens is 4. The summed E-state index contributed by atoms with van der Waals surface area (Å²) in [7, 11) is 6.72. The molecule has 0 bridgehead atoms. The summed E-state index contributed by atoms with van der Waals surface area (Å²) in [6.45, 7) is 3.23. The second-order valence-electron chi connectivity index (χ2n) is 10.3. The van der Waals surface area contributed by atoms with Crippen LogP contribution in [0.3, 0.4) is 0 Å². The normalized spacial score (nSPS) is 13.9. The smallest absolute Gasteiger partial charge is 0.421 e. The van der Waals surface area contributed by atoms with E-state index in [-0.39, 0.29) is 18.4 Å². The summed E-state index contributed by atoms with van der Waals surface area (Å²) in [6, 6.07) is 9.58. The van der Waals surface area contributed by atoms with Gasteiger partial charge >= 0.3 is 6.18 Å². The Morgan fingerprint density at radius 2 is 1.82 bits per heavy atom. The summed E-state index contributed by atoms with van der Waals surface area (Å²) in [5.74, 6) is -0.415. The highest BCUT2D eigenvalue weighted by Gasteiger charge is 2.35. The van der Waals surface area contributed by atoms with Gasteiger partial charge in [0.2, 0.25) is 11.9 Å². The first-order valence-corrected chi connectivity index (χ1v) is 14.9. The first kappa shape index (κ1) is 32.9. The molecule has 1 amide bonds. The Morgan fingerprint density at radius 1 is 1.09 bits per heavy atom. The summed E-state index contributed by atoms with van der Waals surface area (Å²) >= 11 is 1.34. The molecule has 44 heavy (non-hydrogen) atoms. The summed E-state index contributed by atoms with van der Waals surface area (Å²) in [5, 5.41) is 5.74. The van der Waals surface area contributed by atoms with Crippen LogP contribution in [-0.4, -0.2) is 92.9 Å². The average molecular weight is 637 g/mol. The molecule has 2 N–H and O–H groups in total. The van der Waals surface area contributed by atoms with Crippen LogP contribution in [0.4, 0.5) is 46.4 Å². The number of amides is 1. The maximum Gasteiger partial charge on any atom is 0.421 e. The molecule has 1 aliphatic heterocycles. The molecular weight excluding hydrogens is 600 g/mol. The Labute approximate surface area is 258 Å². The fraction of sp³-hybridized carbons (Fsp3) is 0.414. The first-order valence-electron chi connectivity index (χ1n) is 13.8. The van der Waals surface area contributed by atoms with E-state index in [2.05, 4.69) is 30.4 Å². The molecule has 2 aromatic carbocycles. The van der Waals surface area contributed by atoms with Crippen molar-refractivity contribution in [3.8, 4) is 5.75 Å². The standard InChI is InChI=1S/C29H36F4N8O2S/c1-38(2)26(42)18-40-10-12-41(13-11-40)21-8-9-23(25(15-21)43-4)36-28-35-17-22(29(31,32)33)27(37-28)34-16-19-6-7-20(30)14-24(19)39(3)44-5/h6-9,14-15,17H,10-13,16,18H2,1-5H3,(H2,34,35,36,37). The molecule has 0 atom stereocenters. The molecule has 4 rings (SSSR count). The lowest BCUT2D eigenvalue weighted by Crippen LogP contribution is -2.49. The Kier molecular flexibility index (Phi) is 10.6. The lowest BCUT2D eigenvalue weighted by atomic mass is 10.1. The van der Waals surface area contributed by atoms with Crippen molar-refractivity contribution in [3.05, 3.63) is 59.5 Å². The number of hydrogen-bond acceptors (Lipinski definition) is 10. The van der Waals surface area contributed by atoms with E-state index in [0.717, 1.165) is 38.1 Å². The molecule has 3 aromatic rings. The lowest BCUT2D eigenvalue weighted by Gasteiger charge is -2.36. The van der Waals surface area contributed by atoms with Crippen LogP contribution in [0.25, 0.3) is 0 Å². The lowest BCUT2D eigenvalue weighted by molar-refractivity contribution is -0.137. The number of ether oxygens (including phenoxy) is 1. The molecule has 2 heterocycles. The van der Waals surface area contributed by atoms with Gasteiger partial charge in [0.15, 0.2) is 0 Å². The van der Waals surface area contributed by atoms with Crippen LogP contribution >= 0.6 is 11.9 Å². The Morgan fingerprint density at radius 3 is 2.45 bits per heavy atom. The Hall–Kier alpha value is -3.98. The van der Waals surface area contributed by atoms with E-state index in [1.165, 1.54) is 37.3 Å². The van der Waals surface area contributed by atoms with E-state index < -0.39 is 23.4 Å². The van der Waals surface area contributed by atoms with Gasteiger partial charge in [0.1, 0.15) is 22.9 Å². The van der Waals surface area contributed by atoms with Crippen LogP contribution in [0.2, 0.25) is 0 Å². The third-order valence-corrected chi connectivity index (χ3v) is 7.97. The van der Waals surface area contributed by atoms with E-state index in [1.54, 1.807) is 36.4 Å². The molecule has 0 spiro atoms. The molecule has 1 aromatic heterocycles. The zero-order valence-corrected chi connectivity index (χ0v) is 26.0. The van der Waals surface area contributed by atoms with Crippen molar-refractivity contribution in [2.24, 2.45) is 0 Å². The summed E-state index contributed by atoms with van der Waals surface area (Å²) in [4.78, 5) is 26.0. The van der Waals surface area contributed by atoms with Gasteiger partial charge in [0.05, 0.1) is 25.0 Å².